The van der Waals surface area contributed by atoms with E-state index in [0.29, 0.717) is 57.3 Å². The first-order valence-corrected chi connectivity index (χ1v) is 13.3. The van der Waals surface area contributed by atoms with Crippen molar-refractivity contribution in [2.75, 3.05) is 19.3 Å². The summed E-state index contributed by atoms with van der Waals surface area (Å²) in [4.78, 5) is 61.1. The molecule has 1 unspecified atom stereocenters. The van der Waals surface area contributed by atoms with Gasteiger partial charge < -0.3 is 21.7 Å². The molecule has 0 spiro atoms. The van der Waals surface area contributed by atoms with Crippen LogP contribution in [0, 0.1) is 5.92 Å². The molecule has 11 heteroatoms. The Balaban J connectivity index is 2.49. The van der Waals surface area contributed by atoms with Gasteiger partial charge in [0.25, 0.3) is 0 Å². The summed E-state index contributed by atoms with van der Waals surface area (Å²) in [5.41, 5.74) is 5.54. The quantitative estimate of drug-likeness (QED) is 0.171. The third-order valence-electron chi connectivity index (χ3n) is 5.85. The molecule has 0 aromatic carbocycles. The van der Waals surface area contributed by atoms with E-state index in [9.17, 15) is 24.0 Å². The van der Waals surface area contributed by atoms with Crippen molar-refractivity contribution >= 4 is 41.3 Å². The van der Waals surface area contributed by atoms with E-state index in [4.69, 9.17) is 7.10 Å². The Kier molecular flexibility index (Phi) is 12.6. The Bertz CT molecular complexity index is 810. The van der Waals surface area contributed by atoms with Gasteiger partial charge in [-0.25, -0.2) is 4.79 Å². The first-order chi connectivity index (χ1) is 17.0. The van der Waals surface area contributed by atoms with Crippen LogP contribution >= 0.6 is 11.8 Å². The summed E-state index contributed by atoms with van der Waals surface area (Å²) >= 11 is 1.39. The highest BCUT2D eigenvalue weighted by molar-refractivity contribution is 8.00. The number of nitrogens with two attached hydrogens (primary N) is 1. The van der Waals surface area contributed by atoms with Crippen LogP contribution in [0.4, 0.5) is 4.79 Å². The van der Waals surface area contributed by atoms with Gasteiger partial charge in [0.15, 0.2) is 5.78 Å². The zero-order valence-electron chi connectivity index (χ0n) is 22.1. The zero-order valence-corrected chi connectivity index (χ0v) is 21.9. The molecule has 10 nitrogen and oxygen atoms in total. The fourth-order valence-electron chi connectivity index (χ4n) is 3.85. The third-order valence-corrected chi connectivity index (χ3v) is 6.79. The number of Topliss-reactive ketones (excluding diaryl/α,β-unsaturated/α-hetero) is 1. The second-order valence-corrected chi connectivity index (χ2v) is 10.1. The van der Waals surface area contributed by atoms with Gasteiger partial charge in [0, 0.05) is 33.0 Å². The second kappa shape index (κ2) is 15.4. The van der Waals surface area contributed by atoms with Crippen molar-refractivity contribution in [2.45, 2.75) is 83.0 Å². The van der Waals surface area contributed by atoms with E-state index < -0.39 is 18.1 Å². The van der Waals surface area contributed by atoms with Crippen LogP contribution in [0.3, 0.4) is 0 Å². The number of nitrogens with zero attached hydrogens (tertiary/aromatic N) is 1. The number of primary amides is 1. The lowest BCUT2D eigenvalue weighted by atomic mass is 9.99. The predicted molar refractivity (Wildman–Crippen MR) is 137 cm³/mol. The molecule has 0 aromatic heterocycles. The molecule has 1 aliphatic heterocycles. The number of amides is 5. The molecule has 1 rings (SSSR count). The van der Waals surface area contributed by atoms with Crippen LogP contribution in [0.25, 0.3) is 0 Å². The van der Waals surface area contributed by atoms with Crippen molar-refractivity contribution in [1.29, 1.82) is 0 Å². The SMILES string of the molecule is [2H]CC(=O)[C@H](CCCNC(N)=O)NC(=C)[C@@H](NC(=O)CCCCCN1C(=O)CC(SC)C1=O)C(C)C. The molecule has 0 saturated carbocycles. The summed E-state index contributed by atoms with van der Waals surface area (Å²) in [6.45, 7) is 8.19. The maximum Gasteiger partial charge on any atom is 0.312 e. The van der Waals surface area contributed by atoms with Crippen LogP contribution in [0.2, 0.25) is 0 Å². The normalized spacial score (nSPS) is 17.7. The predicted octanol–water partition coefficient (Wildman–Crippen LogP) is 1.69. The van der Waals surface area contributed by atoms with Gasteiger partial charge in [0.1, 0.15) is 0 Å². The average Bonchev–Trinajstić information content (AvgIpc) is 3.10. The molecule has 3 atom stereocenters. The zero-order chi connectivity index (χ0) is 27.3. The Hall–Kier alpha value is -2.56. The maximum absolute atomic E-state index is 12.6. The number of imide groups is 1. The lowest BCUT2D eigenvalue weighted by molar-refractivity contribution is -0.138. The van der Waals surface area contributed by atoms with Gasteiger partial charge in [-0.2, -0.15) is 11.8 Å². The van der Waals surface area contributed by atoms with Crippen molar-refractivity contribution in [3.63, 3.8) is 0 Å². The molecule has 0 bridgehead atoms. The Morgan fingerprint density at radius 1 is 1.20 bits per heavy atom. The minimum absolute atomic E-state index is 0.00815. The van der Waals surface area contributed by atoms with E-state index >= 15 is 0 Å². The smallest absolute Gasteiger partial charge is 0.312 e. The van der Waals surface area contributed by atoms with Gasteiger partial charge in [-0.3, -0.25) is 24.1 Å². The summed E-state index contributed by atoms with van der Waals surface area (Å²) < 4.78 is 7.42. The molecule has 1 aliphatic rings. The summed E-state index contributed by atoms with van der Waals surface area (Å²) in [6.07, 6.45) is 5.22. The molecule has 1 saturated heterocycles. The Morgan fingerprint density at radius 2 is 1.91 bits per heavy atom. The first-order valence-electron chi connectivity index (χ1n) is 12.7. The molecule has 1 heterocycles. The van der Waals surface area contributed by atoms with E-state index in [1.165, 1.54) is 16.7 Å². The average molecular weight is 513 g/mol. The maximum atomic E-state index is 12.6. The number of rotatable bonds is 17. The number of likely N-dealkylation sites (tertiary alicyclic amines) is 1. The fraction of sp³-hybridized carbons (Fsp3) is 0.708. The van der Waals surface area contributed by atoms with Crippen LogP contribution in [0.5, 0.6) is 0 Å². The first kappa shape index (κ1) is 28.7. The third kappa shape index (κ3) is 10.7. The lowest BCUT2D eigenvalue weighted by Crippen LogP contribution is -2.47. The van der Waals surface area contributed by atoms with Crippen molar-refractivity contribution in [2.24, 2.45) is 11.7 Å². The number of carbonyl (C=O) groups is 5. The highest BCUT2D eigenvalue weighted by atomic mass is 32.2. The topological polar surface area (TPSA) is 151 Å². The van der Waals surface area contributed by atoms with Crippen LogP contribution in [0.15, 0.2) is 12.3 Å². The number of unbranched alkanes of at least 4 members (excludes halogenated alkanes) is 2. The minimum atomic E-state index is -0.649. The van der Waals surface area contributed by atoms with Gasteiger partial charge in [-0.15, -0.1) is 0 Å². The minimum Gasteiger partial charge on any atom is -0.377 e. The van der Waals surface area contributed by atoms with Gasteiger partial charge in [-0.05, 0) is 44.8 Å². The summed E-state index contributed by atoms with van der Waals surface area (Å²) in [6, 6.07) is -1.70. The van der Waals surface area contributed by atoms with E-state index in [-0.39, 0.29) is 48.0 Å². The monoisotopic (exact) mass is 512 g/mol. The van der Waals surface area contributed by atoms with Crippen molar-refractivity contribution < 1.29 is 25.3 Å². The van der Waals surface area contributed by atoms with Crippen molar-refractivity contribution in [3.8, 4) is 0 Å². The van der Waals surface area contributed by atoms with Crippen LogP contribution in [-0.2, 0) is 19.2 Å². The van der Waals surface area contributed by atoms with Crippen LogP contribution in [-0.4, -0.2) is 71.1 Å². The van der Waals surface area contributed by atoms with E-state index in [0.717, 1.165) is 0 Å². The van der Waals surface area contributed by atoms with Crippen molar-refractivity contribution in [1.82, 2.24) is 20.9 Å². The Morgan fingerprint density at radius 3 is 2.49 bits per heavy atom. The number of ketones is 1. The number of urea groups is 1. The number of nitrogens with one attached hydrogen (secondary N) is 3. The molecule has 0 aliphatic carbocycles. The molecular weight excluding hydrogens is 470 g/mol. The largest absolute Gasteiger partial charge is 0.377 e. The van der Waals surface area contributed by atoms with Gasteiger partial charge >= 0.3 is 6.03 Å². The second-order valence-electron chi connectivity index (χ2n) is 9.03. The molecule has 5 N–H and O–H groups in total. The number of thioether (sulfide) groups is 1. The summed E-state index contributed by atoms with van der Waals surface area (Å²) in [5.74, 6) is -0.699. The van der Waals surface area contributed by atoms with Crippen LogP contribution in [0.1, 0.15) is 67.1 Å². The lowest BCUT2D eigenvalue weighted by Gasteiger charge is -2.28. The number of hydrogen-bond acceptors (Lipinski definition) is 7. The summed E-state index contributed by atoms with van der Waals surface area (Å²) in [5, 5.41) is 8.23. The highest BCUT2D eigenvalue weighted by Crippen LogP contribution is 2.23. The summed E-state index contributed by atoms with van der Waals surface area (Å²) in [7, 11) is 0. The van der Waals surface area contributed by atoms with Gasteiger partial charge in [-0.1, -0.05) is 26.8 Å². The van der Waals surface area contributed by atoms with Gasteiger partial charge in [0.2, 0.25) is 17.7 Å². The Labute approximate surface area is 214 Å². The molecule has 0 radical (unpaired) electrons. The fourth-order valence-corrected chi connectivity index (χ4v) is 4.49. The van der Waals surface area contributed by atoms with E-state index in [2.05, 4.69) is 22.5 Å². The van der Waals surface area contributed by atoms with E-state index in [1.54, 1.807) is 0 Å². The van der Waals surface area contributed by atoms with Crippen molar-refractivity contribution in [3.05, 3.63) is 12.3 Å². The standard InChI is InChI=1S/C24H41N5O5S/c1-15(2)22(16(3)27-18(17(4)30)10-9-12-26-24(25)34)28-20(31)11-7-6-8-13-29-21(32)14-19(35-5)23(29)33/h15,18-19,22,27H,3,6-14H2,1-2,4-5H3,(H,28,31)(H3,25,26,34)/t18-,19?,22-/m0/s1/i4D. The highest BCUT2D eigenvalue weighted by Gasteiger charge is 2.37. The molecule has 35 heavy (non-hydrogen) atoms. The van der Waals surface area contributed by atoms with E-state index in [1.807, 2.05) is 20.1 Å². The number of hydrogen-bond donors (Lipinski definition) is 4. The van der Waals surface area contributed by atoms with Crippen LogP contribution < -0.4 is 21.7 Å². The molecule has 5 amide bonds. The van der Waals surface area contributed by atoms with Gasteiger partial charge in [0.05, 0.1) is 17.3 Å². The molecule has 198 valence electrons. The number of carbonyl (C=O) groups excluding carboxylic acids is 5. The molecule has 0 aromatic rings. The molecular formula is C24H41N5O5S. The molecule has 1 fully saturated rings.